The summed E-state index contributed by atoms with van der Waals surface area (Å²) >= 11 is 11.4. The lowest BCUT2D eigenvalue weighted by atomic mass is 10.2. The van der Waals surface area contributed by atoms with E-state index in [1.165, 1.54) is 7.11 Å². The first kappa shape index (κ1) is 13.3. The van der Waals surface area contributed by atoms with Gasteiger partial charge in [0.25, 0.3) is 0 Å². The fourth-order valence-electron chi connectivity index (χ4n) is 1.42. The van der Waals surface area contributed by atoms with Gasteiger partial charge in [-0.05, 0) is 35.3 Å². The van der Waals surface area contributed by atoms with Crippen molar-refractivity contribution < 1.29 is 4.74 Å². The number of nitrogens with zero attached hydrogens (tertiary/aromatic N) is 4. The van der Waals surface area contributed by atoms with Crippen LogP contribution in [-0.4, -0.2) is 22.1 Å². The van der Waals surface area contributed by atoms with E-state index in [1.807, 2.05) is 6.07 Å². The van der Waals surface area contributed by atoms with E-state index >= 15 is 0 Å². The second kappa shape index (κ2) is 5.69. The number of nitrogens with one attached hydrogen (secondary N) is 1. The maximum atomic E-state index is 9.07. The van der Waals surface area contributed by atoms with E-state index in [9.17, 15) is 0 Å². The molecule has 0 saturated heterocycles. The van der Waals surface area contributed by atoms with Gasteiger partial charge in [0.15, 0.2) is 0 Å². The van der Waals surface area contributed by atoms with E-state index in [4.69, 9.17) is 33.2 Å². The third-order valence-corrected chi connectivity index (χ3v) is 2.52. The number of hydrogen-bond donors (Lipinski definition) is 1. The SMILES string of the molecule is COc1cccc(C#N)c1Nc1nc(Cl)nc(Cl)n1. The van der Waals surface area contributed by atoms with Crippen molar-refractivity contribution in [1.29, 1.82) is 5.26 Å². The van der Waals surface area contributed by atoms with Crippen molar-refractivity contribution in [2.45, 2.75) is 0 Å². The zero-order chi connectivity index (χ0) is 13.8. The van der Waals surface area contributed by atoms with Gasteiger partial charge in [-0.3, -0.25) is 0 Å². The summed E-state index contributed by atoms with van der Waals surface area (Å²) in [4.78, 5) is 11.4. The van der Waals surface area contributed by atoms with Gasteiger partial charge in [-0.2, -0.15) is 20.2 Å². The fourth-order valence-corrected chi connectivity index (χ4v) is 1.78. The minimum absolute atomic E-state index is 0.0455. The van der Waals surface area contributed by atoms with E-state index in [2.05, 4.69) is 20.3 Å². The molecule has 1 heterocycles. The molecule has 0 aliphatic carbocycles. The molecule has 1 aromatic heterocycles. The number of methoxy groups -OCH3 is 1. The standard InChI is InChI=1S/C11H7Cl2N5O/c1-19-7-4-2-3-6(5-14)8(7)15-11-17-9(12)16-10(13)18-11/h2-4H,1H3,(H,15,16,17,18). The third kappa shape index (κ3) is 3.02. The Kier molecular flexibility index (Phi) is 4.00. The highest BCUT2D eigenvalue weighted by molar-refractivity contribution is 6.31. The normalized spacial score (nSPS) is 9.79. The minimum Gasteiger partial charge on any atom is -0.495 e. The van der Waals surface area contributed by atoms with Crippen molar-refractivity contribution in [1.82, 2.24) is 15.0 Å². The number of nitriles is 1. The zero-order valence-corrected chi connectivity index (χ0v) is 11.2. The predicted molar refractivity (Wildman–Crippen MR) is 70.8 cm³/mol. The number of ether oxygens (including phenoxy) is 1. The molecular formula is C11H7Cl2N5O. The number of hydrogen-bond acceptors (Lipinski definition) is 6. The molecular weight excluding hydrogens is 289 g/mol. The molecule has 0 aliphatic rings. The first-order valence-electron chi connectivity index (χ1n) is 5.05. The number of halogens is 2. The summed E-state index contributed by atoms with van der Waals surface area (Å²) in [6, 6.07) is 7.08. The number of anilines is 2. The monoisotopic (exact) mass is 295 g/mol. The highest BCUT2D eigenvalue weighted by Crippen LogP contribution is 2.30. The summed E-state index contributed by atoms with van der Waals surface area (Å²) in [5.41, 5.74) is 0.817. The van der Waals surface area contributed by atoms with Crippen LogP contribution in [-0.2, 0) is 0 Å². The minimum atomic E-state index is -0.0455. The lowest BCUT2D eigenvalue weighted by molar-refractivity contribution is 0.416. The quantitative estimate of drug-likeness (QED) is 0.937. The third-order valence-electron chi connectivity index (χ3n) is 2.18. The van der Waals surface area contributed by atoms with Crippen LogP contribution < -0.4 is 10.1 Å². The Hall–Kier alpha value is -2.10. The van der Waals surface area contributed by atoms with Crippen molar-refractivity contribution in [3.05, 3.63) is 34.3 Å². The molecule has 2 rings (SSSR count). The summed E-state index contributed by atoms with van der Waals surface area (Å²) in [5, 5.41) is 11.8. The second-order valence-electron chi connectivity index (χ2n) is 3.32. The Morgan fingerprint density at radius 3 is 2.47 bits per heavy atom. The van der Waals surface area contributed by atoms with Crippen LogP contribution in [0.3, 0.4) is 0 Å². The van der Waals surface area contributed by atoms with Gasteiger partial charge in [-0.15, -0.1) is 0 Å². The van der Waals surface area contributed by atoms with Crippen molar-refractivity contribution in [2.75, 3.05) is 12.4 Å². The molecule has 19 heavy (non-hydrogen) atoms. The molecule has 96 valence electrons. The summed E-state index contributed by atoms with van der Waals surface area (Å²) in [6.45, 7) is 0. The predicted octanol–water partition coefficient (Wildman–Crippen LogP) is 2.80. The molecule has 0 bridgehead atoms. The summed E-state index contributed by atoms with van der Waals surface area (Å²) in [7, 11) is 1.50. The number of benzene rings is 1. The van der Waals surface area contributed by atoms with Crippen molar-refractivity contribution in [2.24, 2.45) is 0 Å². The average Bonchev–Trinajstić information content (AvgIpc) is 2.37. The van der Waals surface area contributed by atoms with E-state index in [0.29, 0.717) is 17.0 Å². The molecule has 0 fully saturated rings. The average molecular weight is 296 g/mol. The van der Waals surface area contributed by atoms with Crippen molar-refractivity contribution >= 4 is 34.8 Å². The van der Waals surface area contributed by atoms with Crippen LogP contribution in [0.1, 0.15) is 5.56 Å². The molecule has 1 N–H and O–H groups in total. The van der Waals surface area contributed by atoms with Gasteiger partial charge in [-0.1, -0.05) is 6.07 Å². The summed E-state index contributed by atoms with van der Waals surface area (Å²) in [6.07, 6.45) is 0. The summed E-state index contributed by atoms with van der Waals surface area (Å²) in [5.74, 6) is 0.609. The van der Waals surface area contributed by atoms with Crippen LogP contribution >= 0.6 is 23.2 Å². The summed E-state index contributed by atoms with van der Waals surface area (Å²) < 4.78 is 5.17. The Morgan fingerprint density at radius 1 is 1.21 bits per heavy atom. The highest BCUT2D eigenvalue weighted by Gasteiger charge is 2.11. The molecule has 0 amide bonds. The molecule has 0 spiro atoms. The van der Waals surface area contributed by atoms with Gasteiger partial charge in [0, 0.05) is 0 Å². The Balaban J connectivity index is 2.45. The van der Waals surface area contributed by atoms with Gasteiger partial charge in [0.05, 0.1) is 12.7 Å². The molecule has 2 aromatic rings. The number of para-hydroxylation sites is 1. The van der Waals surface area contributed by atoms with Gasteiger partial charge in [0.1, 0.15) is 17.5 Å². The topological polar surface area (TPSA) is 83.7 Å². The smallest absolute Gasteiger partial charge is 0.232 e. The largest absolute Gasteiger partial charge is 0.495 e. The molecule has 0 unspecified atom stereocenters. The molecule has 0 saturated carbocycles. The molecule has 0 radical (unpaired) electrons. The number of rotatable bonds is 3. The van der Waals surface area contributed by atoms with E-state index in [-0.39, 0.29) is 16.5 Å². The molecule has 8 heteroatoms. The number of aromatic nitrogens is 3. The fraction of sp³-hybridized carbons (Fsp3) is 0.0909. The Bertz CT molecular complexity index is 636. The maximum Gasteiger partial charge on any atom is 0.232 e. The van der Waals surface area contributed by atoms with Gasteiger partial charge < -0.3 is 10.1 Å². The second-order valence-corrected chi connectivity index (χ2v) is 3.99. The van der Waals surface area contributed by atoms with Crippen LogP contribution in [0.25, 0.3) is 0 Å². The van der Waals surface area contributed by atoms with Crippen LogP contribution in [0, 0.1) is 11.3 Å². The van der Waals surface area contributed by atoms with Crippen LogP contribution in [0.4, 0.5) is 11.6 Å². The molecule has 6 nitrogen and oxygen atoms in total. The first-order chi connectivity index (χ1) is 9.13. The van der Waals surface area contributed by atoms with E-state index in [1.54, 1.807) is 18.2 Å². The van der Waals surface area contributed by atoms with Gasteiger partial charge in [0.2, 0.25) is 16.5 Å². The lowest BCUT2D eigenvalue weighted by Crippen LogP contribution is -2.02. The van der Waals surface area contributed by atoms with Crippen LogP contribution in [0.15, 0.2) is 18.2 Å². The van der Waals surface area contributed by atoms with E-state index < -0.39 is 0 Å². The van der Waals surface area contributed by atoms with Crippen molar-refractivity contribution in [3.8, 4) is 11.8 Å². The highest BCUT2D eigenvalue weighted by atomic mass is 35.5. The maximum absolute atomic E-state index is 9.07. The van der Waals surface area contributed by atoms with Crippen LogP contribution in [0.2, 0.25) is 10.6 Å². The van der Waals surface area contributed by atoms with E-state index in [0.717, 1.165) is 0 Å². The van der Waals surface area contributed by atoms with Gasteiger partial charge in [-0.25, -0.2) is 0 Å². The molecule has 0 atom stereocenters. The first-order valence-corrected chi connectivity index (χ1v) is 5.81. The molecule has 1 aromatic carbocycles. The molecule has 0 aliphatic heterocycles. The Morgan fingerprint density at radius 2 is 1.89 bits per heavy atom. The van der Waals surface area contributed by atoms with Crippen LogP contribution in [0.5, 0.6) is 5.75 Å². The van der Waals surface area contributed by atoms with Crippen molar-refractivity contribution in [3.63, 3.8) is 0 Å². The van der Waals surface area contributed by atoms with Gasteiger partial charge >= 0.3 is 0 Å². The zero-order valence-electron chi connectivity index (χ0n) is 9.69. The Labute approximate surface area is 119 Å². The lowest BCUT2D eigenvalue weighted by Gasteiger charge is -2.11.